The van der Waals surface area contributed by atoms with Gasteiger partial charge in [0, 0.05) is 12.2 Å². The zero-order valence-corrected chi connectivity index (χ0v) is 11.0. The van der Waals surface area contributed by atoms with Crippen LogP contribution in [0.15, 0.2) is 30.9 Å². The smallest absolute Gasteiger partial charge is 0.248 e. The van der Waals surface area contributed by atoms with Crippen molar-refractivity contribution in [2.45, 2.75) is 26.3 Å². The number of nitrogens with one attached hydrogen (secondary N) is 1. The van der Waals surface area contributed by atoms with E-state index in [4.69, 9.17) is 10.5 Å². The van der Waals surface area contributed by atoms with Crippen molar-refractivity contribution in [3.8, 4) is 11.6 Å². The van der Waals surface area contributed by atoms with Crippen molar-refractivity contribution >= 4 is 11.5 Å². The molecule has 0 fully saturated rings. The molecule has 0 spiro atoms. The highest BCUT2D eigenvalue weighted by atomic mass is 16.5. The Morgan fingerprint density at radius 1 is 1.42 bits per heavy atom. The quantitative estimate of drug-likeness (QED) is 0.857. The summed E-state index contributed by atoms with van der Waals surface area (Å²) in [7, 11) is 0. The summed E-state index contributed by atoms with van der Waals surface area (Å²) in [4.78, 5) is 12.1. The van der Waals surface area contributed by atoms with E-state index in [1.165, 1.54) is 6.33 Å². The van der Waals surface area contributed by atoms with Crippen LogP contribution in [0, 0.1) is 0 Å². The number of anilines is 2. The van der Waals surface area contributed by atoms with Gasteiger partial charge < -0.3 is 15.8 Å². The van der Waals surface area contributed by atoms with Crippen molar-refractivity contribution in [3.05, 3.63) is 30.9 Å². The van der Waals surface area contributed by atoms with Gasteiger partial charge in [-0.05, 0) is 25.5 Å². The van der Waals surface area contributed by atoms with Crippen molar-refractivity contribution in [2.24, 2.45) is 0 Å². The van der Waals surface area contributed by atoms with Gasteiger partial charge >= 0.3 is 0 Å². The van der Waals surface area contributed by atoms with Crippen LogP contribution in [0.2, 0.25) is 0 Å². The summed E-state index contributed by atoms with van der Waals surface area (Å²) in [6, 6.07) is 3.85. The molecular formula is C13H17N5O. The summed E-state index contributed by atoms with van der Waals surface area (Å²) in [6.07, 6.45) is 5.67. The van der Waals surface area contributed by atoms with Crippen molar-refractivity contribution in [3.63, 3.8) is 0 Å². The van der Waals surface area contributed by atoms with Crippen LogP contribution in [-0.2, 0) is 0 Å². The van der Waals surface area contributed by atoms with Crippen LogP contribution in [0.1, 0.15) is 20.3 Å². The summed E-state index contributed by atoms with van der Waals surface area (Å²) >= 11 is 0. The maximum Gasteiger partial charge on any atom is 0.248 e. The number of hydrogen-bond acceptors (Lipinski definition) is 6. The van der Waals surface area contributed by atoms with Gasteiger partial charge in [-0.25, -0.2) is 4.98 Å². The fourth-order valence-electron chi connectivity index (χ4n) is 1.43. The fourth-order valence-corrected chi connectivity index (χ4v) is 1.43. The van der Waals surface area contributed by atoms with Crippen molar-refractivity contribution in [1.82, 2.24) is 15.0 Å². The van der Waals surface area contributed by atoms with Gasteiger partial charge in [0.25, 0.3) is 0 Å². The Bertz CT molecular complexity index is 532. The molecule has 0 aliphatic heterocycles. The van der Waals surface area contributed by atoms with Gasteiger partial charge in [-0.3, -0.25) is 4.98 Å². The first kappa shape index (κ1) is 13.1. The van der Waals surface area contributed by atoms with Crippen LogP contribution in [0.5, 0.6) is 11.6 Å². The molecule has 6 nitrogen and oxygen atoms in total. The van der Waals surface area contributed by atoms with E-state index in [0.29, 0.717) is 23.1 Å². The SMILES string of the molecule is CCC(C)Nc1ncnc(Oc2cccnc2)c1N. The molecule has 1 atom stereocenters. The van der Waals surface area contributed by atoms with E-state index in [2.05, 4.69) is 34.1 Å². The van der Waals surface area contributed by atoms with E-state index in [1.54, 1.807) is 24.5 Å². The first-order valence-electron chi connectivity index (χ1n) is 6.15. The van der Waals surface area contributed by atoms with Gasteiger partial charge in [0.15, 0.2) is 5.82 Å². The molecule has 19 heavy (non-hydrogen) atoms. The summed E-state index contributed by atoms with van der Waals surface area (Å²) < 4.78 is 5.59. The Kier molecular flexibility index (Phi) is 4.12. The number of rotatable bonds is 5. The van der Waals surface area contributed by atoms with E-state index in [0.717, 1.165) is 6.42 Å². The third-order valence-corrected chi connectivity index (χ3v) is 2.69. The number of pyridine rings is 1. The number of nitrogens with zero attached hydrogens (tertiary/aromatic N) is 3. The monoisotopic (exact) mass is 259 g/mol. The lowest BCUT2D eigenvalue weighted by Gasteiger charge is -2.15. The maximum absolute atomic E-state index is 6.00. The first-order chi connectivity index (χ1) is 9.20. The standard InChI is InChI=1S/C13H17N5O/c1-3-9(2)18-12-11(14)13(17-8-16-12)19-10-5-4-6-15-7-10/h4-9H,3,14H2,1-2H3,(H,16,17,18). The lowest BCUT2D eigenvalue weighted by molar-refractivity contribution is 0.462. The minimum absolute atomic E-state index is 0.281. The van der Waals surface area contributed by atoms with E-state index < -0.39 is 0 Å². The molecule has 0 saturated carbocycles. The van der Waals surface area contributed by atoms with E-state index >= 15 is 0 Å². The second kappa shape index (κ2) is 5.99. The molecule has 2 heterocycles. The van der Waals surface area contributed by atoms with Gasteiger partial charge in [-0.15, -0.1) is 0 Å². The Hall–Kier alpha value is -2.37. The Balaban J connectivity index is 2.20. The highest BCUT2D eigenvalue weighted by molar-refractivity contribution is 5.67. The predicted molar refractivity (Wildman–Crippen MR) is 74.1 cm³/mol. The van der Waals surface area contributed by atoms with Crippen LogP contribution in [0.25, 0.3) is 0 Å². The molecular weight excluding hydrogens is 242 g/mol. The highest BCUT2D eigenvalue weighted by Gasteiger charge is 2.11. The summed E-state index contributed by atoms with van der Waals surface area (Å²) in [5, 5.41) is 3.21. The maximum atomic E-state index is 6.00. The van der Waals surface area contributed by atoms with E-state index in [-0.39, 0.29) is 6.04 Å². The molecule has 0 radical (unpaired) electrons. The van der Waals surface area contributed by atoms with Crippen molar-refractivity contribution < 1.29 is 4.74 Å². The minimum Gasteiger partial charge on any atom is -0.435 e. The van der Waals surface area contributed by atoms with Crippen molar-refractivity contribution in [1.29, 1.82) is 0 Å². The Morgan fingerprint density at radius 3 is 2.95 bits per heavy atom. The summed E-state index contributed by atoms with van der Waals surface area (Å²) in [6.45, 7) is 4.14. The third-order valence-electron chi connectivity index (χ3n) is 2.69. The number of aromatic nitrogens is 3. The second-order valence-electron chi connectivity index (χ2n) is 4.19. The molecule has 0 aliphatic carbocycles. The van der Waals surface area contributed by atoms with E-state index in [9.17, 15) is 0 Å². The zero-order chi connectivity index (χ0) is 13.7. The van der Waals surface area contributed by atoms with Gasteiger partial charge in [-0.1, -0.05) is 6.92 Å². The Labute approximate surface area is 112 Å². The number of hydrogen-bond donors (Lipinski definition) is 2. The molecule has 1 unspecified atom stereocenters. The molecule has 0 saturated heterocycles. The molecule has 2 aromatic heterocycles. The predicted octanol–water partition coefficient (Wildman–Crippen LogP) is 2.46. The second-order valence-corrected chi connectivity index (χ2v) is 4.19. The normalized spacial score (nSPS) is 11.9. The van der Waals surface area contributed by atoms with Crippen LogP contribution < -0.4 is 15.8 Å². The topological polar surface area (TPSA) is 86.0 Å². The molecule has 3 N–H and O–H groups in total. The van der Waals surface area contributed by atoms with Crippen LogP contribution in [0.4, 0.5) is 11.5 Å². The lowest BCUT2D eigenvalue weighted by Crippen LogP contribution is -2.16. The van der Waals surface area contributed by atoms with Gasteiger partial charge in [-0.2, -0.15) is 4.98 Å². The lowest BCUT2D eigenvalue weighted by atomic mass is 10.2. The van der Waals surface area contributed by atoms with Gasteiger partial charge in [0.1, 0.15) is 17.8 Å². The molecule has 6 heteroatoms. The molecule has 0 amide bonds. The van der Waals surface area contributed by atoms with Gasteiger partial charge in [0.2, 0.25) is 5.88 Å². The fraction of sp³-hybridized carbons (Fsp3) is 0.308. The molecule has 2 rings (SSSR count). The average molecular weight is 259 g/mol. The number of ether oxygens (including phenoxy) is 1. The molecule has 0 bridgehead atoms. The average Bonchev–Trinajstić information content (AvgIpc) is 2.44. The van der Waals surface area contributed by atoms with Crippen molar-refractivity contribution in [2.75, 3.05) is 11.1 Å². The van der Waals surface area contributed by atoms with E-state index in [1.807, 2.05) is 0 Å². The largest absolute Gasteiger partial charge is 0.435 e. The van der Waals surface area contributed by atoms with Crippen LogP contribution in [-0.4, -0.2) is 21.0 Å². The molecule has 0 aliphatic rings. The molecule has 100 valence electrons. The van der Waals surface area contributed by atoms with Gasteiger partial charge in [0.05, 0.1) is 6.20 Å². The minimum atomic E-state index is 0.281. The molecule has 2 aromatic rings. The first-order valence-corrected chi connectivity index (χ1v) is 6.15. The summed E-state index contributed by atoms with van der Waals surface area (Å²) in [5.74, 6) is 1.50. The third kappa shape index (κ3) is 3.31. The zero-order valence-electron chi connectivity index (χ0n) is 11.0. The van der Waals surface area contributed by atoms with Crippen LogP contribution >= 0.6 is 0 Å². The highest BCUT2D eigenvalue weighted by Crippen LogP contribution is 2.29. The molecule has 0 aromatic carbocycles. The summed E-state index contributed by atoms with van der Waals surface area (Å²) in [5.41, 5.74) is 6.40. The number of nitrogen functional groups attached to an aromatic ring is 1. The Morgan fingerprint density at radius 2 is 2.26 bits per heavy atom. The number of nitrogens with two attached hydrogens (primary N) is 1. The van der Waals surface area contributed by atoms with Crippen LogP contribution in [0.3, 0.4) is 0 Å².